The van der Waals surface area contributed by atoms with Gasteiger partial charge in [-0.3, -0.25) is 0 Å². The van der Waals surface area contributed by atoms with Gasteiger partial charge in [-0.1, -0.05) is 49.3 Å². The van der Waals surface area contributed by atoms with Crippen LogP contribution in [0.4, 0.5) is 0 Å². The van der Waals surface area contributed by atoms with E-state index in [-0.39, 0.29) is 12.0 Å². The van der Waals surface area contributed by atoms with Crippen molar-refractivity contribution in [2.45, 2.75) is 19.9 Å². The maximum atomic E-state index is 5.93. The lowest BCUT2D eigenvalue weighted by Crippen LogP contribution is -2.16. The van der Waals surface area contributed by atoms with Gasteiger partial charge in [0.1, 0.15) is 0 Å². The molecule has 4 nitrogen and oxygen atoms in total. The van der Waals surface area contributed by atoms with E-state index in [4.69, 9.17) is 10.3 Å². The van der Waals surface area contributed by atoms with Gasteiger partial charge < -0.3 is 10.3 Å². The van der Waals surface area contributed by atoms with Gasteiger partial charge in [0.25, 0.3) is 0 Å². The van der Waals surface area contributed by atoms with Crippen LogP contribution in [-0.4, -0.2) is 10.1 Å². The van der Waals surface area contributed by atoms with Gasteiger partial charge in [0.05, 0.1) is 6.04 Å². The van der Waals surface area contributed by atoms with Gasteiger partial charge in [0.2, 0.25) is 11.7 Å². The number of rotatable bonds is 3. The Kier molecular flexibility index (Phi) is 3.01. The van der Waals surface area contributed by atoms with Crippen LogP contribution in [-0.2, 0) is 0 Å². The van der Waals surface area contributed by atoms with E-state index in [1.165, 1.54) is 0 Å². The Morgan fingerprint density at radius 3 is 2.50 bits per heavy atom. The zero-order chi connectivity index (χ0) is 11.5. The fourth-order valence-corrected chi connectivity index (χ4v) is 1.36. The Hall–Kier alpha value is -1.68. The Balaban J connectivity index is 2.27. The molecule has 2 rings (SSSR count). The third-order valence-corrected chi connectivity index (χ3v) is 2.48. The molecule has 2 aromatic rings. The Labute approximate surface area is 94.5 Å². The third-order valence-electron chi connectivity index (χ3n) is 2.48. The van der Waals surface area contributed by atoms with E-state index in [0.717, 1.165) is 5.56 Å². The largest absolute Gasteiger partial charge is 0.337 e. The number of nitrogens with zero attached hydrogens (tertiary/aromatic N) is 2. The van der Waals surface area contributed by atoms with Crippen molar-refractivity contribution in [1.82, 2.24) is 10.1 Å². The highest BCUT2D eigenvalue weighted by molar-refractivity contribution is 5.53. The van der Waals surface area contributed by atoms with Crippen LogP contribution in [0, 0.1) is 5.92 Å². The quantitative estimate of drug-likeness (QED) is 0.857. The first-order chi connectivity index (χ1) is 7.68. The van der Waals surface area contributed by atoms with Crippen molar-refractivity contribution >= 4 is 0 Å². The molecule has 0 radical (unpaired) electrons. The molecular formula is C12H15N3O. The number of hydrogen-bond donors (Lipinski definition) is 1. The van der Waals surface area contributed by atoms with E-state index in [1.54, 1.807) is 0 Å². The molecular weight excluding hydrogens is 202 g/mol. The fourth-order valence-electron chi connectivity index (χ4n) is 1.36. The molecule has 1 aromatic carbocycles. The van der Waals surface area contributed by atoms with Gasteiger partial charge in [0.15, 0.2) is 0 Å². The Bertz CT molecular complexity index is 450. The molecule has 4 heteroatoms. The highest BCUT2D eigenvalue weighted by atomic mass is 16.5. The van der Waals surface area contributed by atoms with Crippen LogP contribution in [0.25, 0.3) is 11.4 Å². The summed E-state index contributed by atoms with van der Waals surface area (Å²) in [6.45, 7) is 4.05. The van der Waals surface area contributed by atoms with Crippen molar-refractivity contribution in [2.75, 3.05) is 0 Å². The zero-order valence-corrected chi connectivity index (χ0v) is 9.42. The predicted molar refractivity (Wildman–Crippen MR) is 61.5 cm³/mol. The van der Waals surface area contributed by atoms with Crippen LogP contribution < -0.4 is 5.73 Å². The Morgan fingerprint density at radius 2 is 1.88 bits per heavy atom. The van der Waals surface area contributed by atoms with Gasteiger partial charge in [-0.25, -0.2) is 0 Å². The second-order valence-corrected chi connectivity index (χ2v) is 4.09. The second kappa shape index (κ2) is 4.45. The van der Waals surface area contributed by atoms with Gasteiger partial charge in [-0.05, 0) is 5.92 Å². The lowest BCUT2D eigenvalue weighted by atomic mass is 10.1. The molecule has 0 saturated carbocycles. The van der Waals surface area contributed by atoms with Crippen molar-refractivity contribution in [3.05, 3.63) is 36.2 Å². The highest BCUT2D eigenvalue weighted by Gasteiger charge is 2.18. The first kappa shape index (κ1) is 10.8. The summed E-state index contributed by atoms with van der Waals surface area (Å²) in [5, 5.41) is 3.92. The summed E-state index contributed by atoms with van der Waals surface area (Å²) < 4.78 is 5.16. The topological polar surface area (TPSA) is 64.9 Å². The molecule has 0 fully saturated rings. The van der Waals surface area contributed by atoms with E-state index in [1.807, 2.05) is 44.2 Å². The third kappa shape index (κ3) is 2.12. The lowest BCUT2D eigenvalue weighted by Gasteiger charge is -2.09. The van der Waals surface area contributed by atoms with E-state index in [9.17, 15) is 0 Å². The Morgan fingerprint density at radius 1 is 1.19 bits per heavy atom. The van der Waals surface area contributed by atoms with E-state index >= 15 is 0 Å². The van der Waals surface area contributed by atoms with Crippen LogP contribution in [0.2, 0.25) is 0 Å². The smallest absolute Gasteiger partial charge is 0.244 e. The number of benzene rings is 1. The maximum absolute atomic E-state index is 5.93. The van der Waals surface area contributed by atoms with Crippen LogP contribution in [0.5, 0.6) is 0 Å². The maximum Gasteiger partial charge on any atom is 0.244 e. The van der Waals surface area contributed by atoms with E-state index in [0.29, 0.717) is 11.7 Å². The molecule has 0 unspecified atom stereocenters. The first-order valence-electron chi connectivity index (χ1n) is 5.33. The molecule has 0 spiro atoms. The summed E-state index contributed by atoms with van der Waals surface area (Å²) in [5.41, 5.74) is 6.87. The molecule has 84 valence electrons. The first-order valence-corrected chi connectivity index (χ1v) is 5.33. The number of hydrogen-bond acceptors (Lipinski definition) is 4. The van der Waals surface area contributed by atoms with Crippen LogP contribution in [0.1, 0.15) is 25.8 Å². The molecule has 0 aliphatic heterocycles. The SMILES string of the molecule is CC(C)[C@H](N)c1nc(-c2ccccc2)no1. The number of nitrogens with two attached hydrogens (primary N) is 1. The predicted octanol–water partition coefficient (Wildman–Crippen LogP) is 2.39. The standard InChI is InChI=1S/C12H15N3O/c1-8(2)10(13)12-14-11(15-16-12)9-6-4-3-5-7-9/h3-8,10H,13H2,1-2H3/t10-/m0/s1. The van der Waals surface area contributed by atoms with Gasteiger partial charge in [-0.2, -0.15) is 4.98 Å². The molecule has 0 bridgehead atoms. The molecule has 0 aliphatic rings. The second-order valence-electron chi connectivity index (χ2n) is 4.09. The molecule has 16 heavy (non-hydrogen) atoms. The summed E-state index contributed by atoms with van der Waals surface area (Å²) in [6.07, 6.45) is 0. The molecule has 0 saturated heterocycles. The minimum absolute atomic E-state index is 0.204. The van der Waals surface area contributed by atoms with Gasteiger partial charge in [-0.15, -0.1) is 0 Å². The van der Waals surface area contributed by atoms with Crippen molar-refractivity contribution < 1.29 is 4.52 Å². The van der Waals surface area contributed by atoms with E-state index in [2.05, 4.69) is 10.1 Å². The van der Waals surface area contributed by atoms with Crippen molar-refractivity contribution in [3.8, 4) is 11.4 Å². The molecule has 1 heterocycles. The molecule has 0 amide bonds. The van der Waals surface area contributed by atoms with Crippen molar-refractivity contribution in [1.29, 1.82) is 0 Å². The van der Waals surface area contributed by atoms with Gasteiger partial charge >= 0.3 is 0 Å². The monoisotopic (exact) mass is 217 g/mol. The molecule has 2 N–H and O–H groups in total. The minimum Gasteiger partial charge on any atom is -0.337 e. The van der Waals surface area contributed by atoms with Crippen molar-refractivity contribution in [3.63, 3.8) is 0 Å². The van der Waals surface area contributed by atoms with Crippen molar-refractivity contribution in [2.24, 2.45) is 11.7 Å². The van der Waals surface area contributed by atoms with E-state index < -0.39 is 0 Å². The average molecular weight is 217 g/mol. The fraction of sp³-hybridized carbons (Fsp3) is 0.333. The van der Waals surface area contributed by atoms with Crippen LogP contribution in [0.15, 0.2) is 34.9 Å². The number of aromatic nitrogens is 2. The van der Waals surface area contributed by atoms with Crippen LogP contribution >= 0.6 is 0 Å². The molecule has 1 atom stereocenters. The molecule has 1 aromatic heterocycles. The summed E-state index contributed by atoms with van der Waals surface area (Å²) >= 11 is 0. The minimum atomic E-state index is -0.204. The zero-order valence-electron chi connectivity index (χ0n) is 9.42. The summed E-state index contributed by atoms with van der Waals surface area (Å²) in [4.78, 5) is 4.30. The molecule has 0 aliphatic carbocycles. The normalized spacial score (nSPS) is 13.0. The highest BCUT2D eigenvalue weighted by Crippen LogP contribution is 2.20. The summed E-state index contributed by atoms with van der Waals surface area (Å²) in [7, 11) is 0. The summed E-state index contributed by atoms with van der Waals surface area (Å²) in [6, 6.07) is 9.50. The lowest BCUT2D eigenvalue weighted by molar-refractivity contribution is 0.325. The average Bonchev–Trinajstić information content (AvgIpc) is 2.78. The van der Waals surface area contributed by atoms with Crippen LogP contribution in [0.3, 0.4) is 0 Å². The summed E-state index contributed by atoms with van der Waals surface area (Å²) in [5.74, 6) is 1.37. The van der Waals surface area contributed by atoms with Gasteiger partial charge in [0, 0.05) is 5.56 Å².